The molecule has 34 heavy (non-hydrogen) atoms. The Labute approximate surface area is 205 Å². The summed E-state index contributed by atoms with van der Waals surface area (Å²) in [4.78, 5) is 15.6. The number of carbonyl (C=O) groups is 1. The van der Waals surface area contributed by atoms with E-state index >= 15 is 0 Å². The molecule has 0 amide bonds. The number of nitrogens with zero attached hydrogens (tertiary/aromatic N) is 5. The molecule has 182 valence electrons. The van der Waals surface area contributed by atoms with Gasteiger partial charge in [-0.2, -0.15) is 0 Å². The van der Waals surface area contributed by atoms with Crippen LogP contribution in [0.15, 0.2) is 35.5 Å². The highest BCUT2D eigenvalue weighted by molar-refractivity contribution is 7.99. The van der Waals surface area contributed by atoms with E-state index in [9.17, 15) is 9.18 Å². The number of hydrogen-bond donors (Lipinski definition) is 0. The number of carbonyl (C=O) groups excluding carboxylic acids is 1. The fourth-order valence-corrected chi connectivity index (χ4v) is 5.65. The second-order valence-corrected chi connectivity index (χ2v) is 10.0. The van der Waals surface area contributed by atoms with Crippen LogP contribution < -0.4 is 0 Å². The van der Waals surface area contributed by atoms with Crippen LogP contribution in [-0.4, -0.2) is 48.9 Å². The predicted molar refractivity (Wildman–Crippen MR) is 134 cm³/mol. The number of aromatic nitrogens is 4. The molecule has 1 fully saturated rings. The van der Waals surface area contributed by atoms with Gasteiger partial charge in [0.05, 0.1) is 11.8 Å². The highest BCUT2D eigenvalue weighted by Crippen LogP contribution is 2.30. The smallest absolute Gasteiger partial charge is 0.196 e. The topological polar surface area (TPSA) is 56.0 Å². The van der Waals surface area contributed by atoms with Gasteiger partial charge < -0.3 is 4.57 Å². The van der Waals surface area contributed by atoms with Crippen molar-refractivity contribution in [2.75, 3.05) is 18.8 Å². The normalized spacial score (nSPS) is 15.6. The Bertz CT molecular complexity index is 1130. The van der Waals surface area contributed by atoms with Crippen LogP contribution >= 0.6 is 11.8 Å². The number of Topliss-reactive ketones (excluding diaryl/α,β-unsaturated/α-hetero) is 1. The summed E-state index contributed by atoms with van der Waals surface area (Å²) in [5, 5.41) is 9.67. The molecule has 0 spiro atoms. The first-order valence-electron chi connectivity index (χ1n) is 12.2. The van der Waals surface area contributed by atoms with Gasteiger partial charge in [0.2, 0.25) is 0 Å². The van der Waals surface area contributed by atoms with E-state index < -0.39 is 0 Å². The van der Waals surface area contributed by atoms with Gasteiger partial charge >= 0.3 is 0 Å². The van der Waals surface area contributed by atoms with Crippen LogP contribution in [0.5, 0.6) is 0 Å². The van der Waals surface area contributed by atoms with E-state index in [-0.39, 0.29) is 23.4 Å². The van der Waals surface area contributed by atoms with E-state index in [2.05, 4.69) is 33.5 Å². The number of aryl methyl sites for hydroxylation is 1. The molecule has 3 aromatic rings. The molecule has 0 aliphatic carbocycles. The van der Waals surface area contributed by atoms with Gasteiger partial charge in [-0.25, -0.2) is 4.39 Å². The molecular weight excluding hydrogens is 449 g/mol. The van der Waals surface area contributed by atoms with E-state index in [0.717, 1.165) is 54.5 Å². The molecule has 1 aliphatic heterocycles. The molecule has 1 aromatic carbocycles. The lowest BCUT2D eigenvalue weighted by molar-refractivity contribution is 0.102. The fourth-order valence-electron chi connectivity index (χ4n) is 4.81. The van der Waals surface area contributed by atoms with Crippen molar-refractivity contribution in [1.82, 2.24) is 24.2 Å². The molecule has 6 nitrogen and oxygen atoms in total. The first-order valence-corrected chi connectivity index (χ1v) is 13.2. The van der Waals surface area contributed by atoms with Crippen molar-refractivity contribution in [3.05, 3.63) is 58.9 Å². The predicted octanol–water partition coefficient (Wildman–Crippen LogP) is 5.76. The van der Waals surface area contributed by atoms with Crippen LogP contribution in [0.3, 0.4) is 0 Å². The Morgan fingerprint density at radius 3 is 2.50 bits per heavy atom. The second-order valence-electron chi connectivity index (χ2n) is 9.07. The number of hydrogen-bond acceptors (Lipinski definition) is 5. The molecule has 1 aliphatic rings. The molecule has 2 aromatic heterocycles. The molecule has 8 heteroatoms. The zero-order valence-electron chi connectivity index (χ0n) is 20.6. The van der Waals surface area contributed by atoms with E-state index in [4.69, 9.17) is 0 Å². The third-order valence-corrected chi connectivity index (χ3v) is 7.64. The van der Waals surface area contributed by atoms with Crippen LogP contribution in [0, 0.1) is 19.7 Å². The molecule has 3 heterocycles. The van der Waals surface area contributed by atoms with Gasteiger partial charge in [-0.15, -0.1) is 10.2 Å². The lowest BCUT2D eigenvalue weighted by Gasteiger charge is -2.31. The maximum atomic E-state index is 13.6. The standard InChI is InChI=1S/C26H34FN5OS/c1-5-13-31-18(2)16-23(19(31)3)24(33)17-34-26-29-28-25(20(4)30-14-7-6-8-15-30)32(26)22-11-9-21(27)10-12-22/h9-12,16,20H,5-8,13-15,17H2,1-4H3. The molecule has 0 saturated carbocycles. The number of halogens is 1. The van der Waals surface area contributed by atoms with Crippen molar-refractivity contribution < 1.29 is 9.18 Å². The van der Waals surface area contributed by atoms with Gasteiger partial charge in [0.15, 0.2) is 16.8 Å². The van der Waals surface area contributed by atoms with Gasteiger partial charge in [-0.3, -0.25) is 14.3 Å². The number of rotatable bonds is 9. The lowest BCUT2D eigenvalue weighted by Crippen LogP contribution is -2.33. The minimum atomic E-state index is -0.283. The van der Waals surface area contributed by atoms with Crippen molar-refractivity contribution in [3.63, 3.8) is 0 Å². The van der Waals surface area contributed by atoms with Gasteiger partial charge in [0.25, 0.3) is 0 Å². The fraction of sp³-hybridized carbons (Fsp3) is 0.500. The summed E-state index contributed by atoms with van der Waals surface area (Å²) < 4.78 is 17.8. The first-order chi connectivity index (χ1) is 16.4. The average molecular weight is 484 g/mol. The quantitative estimate of drug-likeness (QED) is 0.286. The Balaban J connectivity index is 1.60. The average Bonchev–Trinajstić information content (AvgIpc) is 3.40. The van der Waals surface area contributed by atoms with Crippen LogP contribution in [0.1, 0.15) is 73.1 Å². The summed E-state index contributed by atoms with van der Waals surface area (Å²) in [6.45, 7) is 11.3. The Kier molecular flexibility index (Phi) is 7.88. The lowest BCUT2D eigenvalue weighted by atomic mass is 10.1. The minimum absolute atomic E-state index is 0.0795. The Morgan fingerprint density at radius 1 is 1.12 bits per heavy atom. The third kappa shape index (κ3) is 5.13. The second kappa shape index (κ2) is 10.9. The van der Waals surface area contributed by atoms with Crippen LogP contribution in [0.4, 0.5) is 4.39 Å². The summed E-state index contributed by atoms with van der Waals surface area (Å²) >= 11 is 1.39. The highest BCUT2D eigenvalue weighted by atomic mass is 32.2. The number of ketones is 1. The summed E-state index contributed by atoms with van der Waals surface area (Å²) in [5.74, 6) is 0.895. The molecule has 1 atom stereocenters. The van der Waals surface area contributed by atoms with E-state index in [1.54, 1.807) is 12.1 Å². The highest BCUT2D eigenvalue weighted by Gasteiger charge is 2.26. The summed E-state index contributed by atoms with van der Waals surface area (Å²) in [7, 11) is 0. The Morgan fingerprint density at radius 2 is 1.82 bits per heavy atom. The van der Waals surface area contributed by atoms with Gasteiger partial charge in [0, 0.05) is 29.2 Å². The molecule has 1 unspecified atom stereocenters. The van der Waals surface area contributed by atoms with Crippen LogP contribution in [0.2, 0.25) is 0 Å². The largest absolute Gasteiger partial charge is 0.348 e. The zero-order chi connectivity index (χ0) is 24.2. The maximum Gasteiger partial charge on any atom is 0.196 e. The first kappa shape index (κ1) is 24.7. The number of thioether (sulfide) groups is 1. The van der Waals surface area contributed by atoms with Gasteiger partial charge in [0.1, 0.15) is 5.82 Å². The maximum absolute atomic E-state index is 13.6. The van der Waals surface area contributed by atoms with Crippen molar-refractivity contribution >= 4 is 17.5 Å². The molecule has 0 bridgehead atoms. The van der Waals surface area contributed by atoms with E-state index in [1.807, 2.05) is 24.5 Å². The molecule has 1 saturated heterocycles. The van der Waals surface area contributed by atoms with Crippen molar-refractivity contribution in [1.29, 1.82) is 0 Å². The monoisotopic (exact) mass is 483 g/mol. The number of piperidine rings is 1. The minimum Gasteiger partial charge on any atom is -0.348 e. The Hall–Kier alpha value is -2.45. The van der Waals surface area contributed by atoms with E-state index in [1.165, 1.54) is 43.2 Å². The van der Waals surface area contributed by atoms with E-state index in [0.29, 0.717) is 5.16 Å². The number of benzene rings is 1. The summed E-state index contributed by atoms with van der Waals surface area (Å²) in [5.41, 5.74) is 3.71. The third-order valence-electron chi connectivity index (χ3n) is 6.71. The van der Waals surface area contributed by atoms with Gasteiger partial charge in [-0.1, -0.05) is 25.1 Å². The van der Waals surface area contributed by atoms with Crippen molar-refractivity contribution in [2.24, 2.45) is 0 Å². The molecule has 4 rings (SSSR count). The van der Waals surface area contributed by atoms with Crippen LogP contribution in [0.25, 0.3) is 5.69 Å². The van der Waals surface area contributed by atoms with Crippen LogP contribution in [-0.2, 0) is 6.54 Å². The molecular formula is C26H34FN5OS. The van der Waals surface area contributed by atoms with Gasteiger partial charge in [-0.05, 0) is 83.5 Å². The van der Waals surface area contributed by atoms with Crippen molar-refractivity contribution in [2.45, 2.75) is 71.1 Å². The summed E-state index contributed by atoms with van der Waals surface area (Å²) in [6, 6.07) is 8.46. The van der Waals surface area contributed by atoms with Crippen molar-refractivity contribution in [3.8, 4) is 5.69 Å². The number of likely N-dealkylation sites (tertiary alicyclic amines) is 1. The molecule has 0 radical (unpaired) electrons. The zero-order valence-corrected chi connectivity index (χ0v) is 21.4. The molecule has 0 N–H and O–H groups in total. The SMILES string of the molecule is CCCn1c(C)cc(C(=O)CSc2nnc(C(C)N3CCCCC3)n2-c2ccc(F)cc2)c1C. The summed E-state index contributed by atoms with van der Waals surface area (Å²) in [6.07, 6.45) is 4.65.